The van der Waals surface area contributed by atoms with Crippen LogP contribution in [-0.4, -0.2) is 52.0 Å². The number of rotatable bonds is 5. The molecule has 10 heteroatoms. The first kappa shape index (κ1) is 18.8. The number of ether oxygens (including phenoxy) is 2. The summed E-state index contributed by atoms with van der Waals surface area (Å²) < 4.78 is 11.0. The lowest BCUT2D eigenvalue weighted by atomic mass is 10.1. The minimum absolute atomic E-state index is 0.101. The lowest BCUT2D eigenvalue weighted by molar-refractivity contribution is -0.384. The Morgan fingerprint density at radius 1 is 1.33 bits per heavy atom. The fourth-order valence-electron chi connectivity index (χ4n) is 2.87. The largest absolute Gasteiger partial charge is 0.477 e. The molecule has 2 aromatic rings. The number of non-ortho nitro benzene ring substituents is 1. The van der Waals surface area contributed by atoms with Crippen molar-refractivity contribution in [3.05, 3.63) is 51.3 Å². The van der Waals surface area contributed by atoms with Crippen LogP contribution >= 0.6 is 11.6 Å². The minimum Gasteiger partial charge on any atom is -0.477 e. The third-order valence-corrected chi connectivity index (χ3v) is 4.49. The van der Waals surface area contributed by atoms with E-state index in [4.69, 9.17) is 21.1 Å². The molecule has 1 fully saturated rings. The third kappa shape index (κ3) is 4.25. The van der Waals surface area contributed by atoms with Crippen molar-refractivity contribution in [1.82, 2.24) is 14.9 Å². The Hall–Kier alpha value is -2.94. The van der Waals surface area contributed by atoms with Gasteiger partial charge < -0.3 is 14.4 Å². The highest BCUT2D eigenvalue weighted by molar-refractivity contribution is 6.33. The van der Waals surface area contributed by atoms with Crippen LogP contribution < -0.4 is 9.47 Å². The molecule has 0 radical (unpaired) electrons. The lowest BCUT2D eigenvalue weighted by Gasteiger charge is -2.32. The summed E-state index contributed by atoms with van der Waals surface area (Å²) >= 11 is 6.08. The quantitative estimate of drug-likeness (QED) is 0.568. The number of likely N-dealkylation sites (tertiary alicyclic amines) is 1. The minimum atomic E-state index is -0.560. The molecule has 9 nitrogen and oxygen atoms in total. The van der Waals surface area contributed by atoms with Gasteiger partial charge >= 0.3 is 0 Å². The standard InChI is InChI=1S/C17H17ClN4O5/c1-26-15-16(20-7-6-19-15)27-12-3-2-8-21(10-12)17(23)13-9-11(22(24)25)4-5-14(13)18/h4-7,9,12H,2-3,8,10H2,1H3. The molecule has 1 aromatic carbocycles. The molecule has 3 rings (SSSR count). The Labute approximate surface area is 160 Å². The number of aromatic nitrogens is 2. The predicted molar refractivity (Wildman–Crippen MR) is 96.2 cm³/mol. The van der Waals surface area contributed by atoms with Gasteiger partial charge in [-0.05, 0) is 18.9 Å². The fourth-order valence-corrected chi connectivity index (χ4v) is 3.07. The second-order valence-corrected chi connectivity index (χ2v) is 6.33. The van der Waals surface area contributed by atoms with E-state index in [1.165, 1.54) is 37.7 Å². The number of halogens is 1. The zero-order chi connectivity index (χ0) is 19.4. The number of carbonyl (C=O) groups is 1. The first-order chi connectivity index (χ1) is 13.0. The third-order valence-electron chi connectivity index (χ3n) is 4.16. The molecule has 0 spiro atoms. The van der Waals surface area contributed by atoms with Crippen molar-refractivity contribution < 1.29 is 19.2 Å². The molecule has 1 aromatic heterocycles. The Kier molecular flexibility index (Phi) is 5.70. The van der Waals surface area contributed by atoms with Crippen LogP contribution in [0.3, 0.4) is 0 Å². The number of hydrogen-bond acceptors (Lipinski definition) is 7. The molecule has 1 saturated heterocycles. The van der Waals surface area contributed by atoms with Crippen LogP contribution in [0.2, 0.25) is 5.02 Å². The SMILES string of the molecule is COc1nccnc1OC1CCCN(C(=O)c2cc([N+](=O)[O-])ccc2Cl)C1. The number of amides is 1. The fraction of sp³-hybridized carbons (Fsp3) is 0.353. The van der Waals surface area contributed by atoms with E-state index >= 15 is 0 Å². The van der Waals surface area contributed by atoms with Gasteiger partial charge in [-0.3, -0.25) is 14.9 Å². The molecule has 27 heavy (non-hydrogen) atoms. The number of nitro groups is 1. The maximum absolute atomic E-state index is 12.8. The highest BCUT2D eigenvalue weighted by Crippen LogP contribution is 2.27. The normalized spacial score (nSPS) is 16.7. The Morgan fingerprint density at radius 3 is 2.78 bits per heavy atom. The number of piperidine rings is 1. The van der Waals surface area contributed by atoms with Crippen molar-refractivity contribution in [2.75, 3.05) is 20.2 Å². The summed E-state index contributed by atoms with van der Waals surface area (Å²) in [6.45, 7) is 0.812. The van der Waals surface area contributed by atoms with Gasteiger partial charge in [0, 0.05) is 31.1 Å². The van der Waals surface area contributed by atoms with Crippen LogP contribution in [0.25, 0.3) is 0 Å². The summed E-state index contributed by atoms with van der Waals surface area (Å²) in [6, 6.07) is 3.82. The summed E-state index contributed by atoms with van der Waals surface area (Å²) in [6.07, 6.45) is 4.13. The predicted octanol–water partition coefficient (Wildman–Crippen LogP) is 2.73. The van der Waals surface area contributed by atoms with Crippen molar-refractivity contribution >= 4 is 23.2 Å². The summed E-state index contributed by atoms with van der Waals surface area (Å²) in [7, 11) is 1.47. The maximum Gasteiger partial charge on any atom is 0.278 e. The van der Waals surface area contributed by atoms with Crippen LogP contribution in [0, 0.1) is 10.1 Å². The first-order valence-corrected chi connectivity index (χ1v) is 8.62. The van der Waals surface area contributed by atoms with E-state index in [1.54, 1.807) is 4.90 Å². The number of methoxy groups -OCH3 is 1. The van der Waals surface area contributed by atoms with Gasteiger partial charge in [0.15, 0.2) is 0 Å². The van der Waals surface area contributed by atoms with Crippen molar-refractivity contribution in [3.63, 3.8) is 0 Å². The second kappa shape index (κ2) is 8.17. The molecule has 1 aliphatic heterocycles. The van der Waals surface area contributed by atoms with Gasteiger partial charge in [0.2, 0.25) is 0 Å². The van der Waals surface area contributed by atoms with Crippen LogP contribution in [0.1, 0.15) is 23.2 Å². The van der Waals surface area contributed by atoms with Gasteiger partial charge in [0.1, 0.15) is 6.10 Å². The number of carbonyl (C=O) groups excluding carboxylic acids is 1. The highest BCUT2D eigenvalue weighted by atomic mass is 35.5. The highest BCUT2D eigenvalue weighted by Gasteiger charge is 2.28. The van der Waals surface area contributed by atoms with Gasteiger partial charge in [0.05, 0.1) is 29.2 Å². The zero-order valence-corrected chi connectivity index (χ0v) is 15.3. The first-order valence-electron chi connectivity index (χ1n) is 8.24. The van der Waals surface area contributed by atoms with Gasteiger partial charge in [-0.1, -0.05) is 11.6 Å². The number of nitro benzene ring substituents is 1. The van der Waals surface area contributed by atoms with Crippen molar-refractivity contribution in [2.45, 2.75) is 18.9 Å². The van der Waals surface area contributed by atoms with Crippen molar-refractivity contribution in [2.24, 2.45) is 0 Å². The van der Waals surface area contributed by atoms with Crippen LogP contribution in [0.4, 0.5) is 5.69 Å². The number of benzene rings is 1. The Balaban J connectivity index is 1.75. The number of hydrogen-bond donors (Lipinski definition) is 0. The number of nitrogens with zero attached hydrogens (tertiary/aromatic N) is 4. The van der Waals surface area contributed by atoms with E-state index in [1.807, 2.05) is 0 Å². The van der Waals surface area contributed by atoms with E-state index in [0.29, 0.717) is 19.5 Å². The molecule has 1 unspecified atom stereocenters. The smallest absolute Gasteiger partial charge is 0.278 e. The molecular weight excluding hydrogens is 376 g/mol. The molecule has 2 heterocycles. The molecule has 1 atom stereocenters. The van der Waals surface area contributed by atoms with E-state index in [9.17, 15) is 14.9 Å². The van der Waals surface area contributed by atoms with Gasteiger partial charge in [-0.15, -0.1) is 0 Å². The topological polar surface area (TPSA) is 108 Å². The zero-order valence-electron chi connectivity index (χ0n) is 14.5. The van der Waals surface area contributed by atoms with Gasteiger partial charge in [-0.2, -0.15) is 0 Å². The van der Waals surface area contributed by atoms with Crippen molar-refractivity contribution in [1.29, 1.82) is 0 Å². The molecule has 142 valence electrons. The molecular formula is C17H17ClN4O5. The average Bonchev–Trinajstić information content (AvgIpc) is 2.68. The van der Waals surface area contributed by atoms with E-state index < -0.39 is 4.92 Å². The summed E-state index contributed by atoms with van der Waals surface area (Å²) in [5, 5.41) is 11.1. The summed E-state index contributed by atoms with van der Waals surface area (Å²) in [5.74, 6) is 0.151. The van der Waals surface area contributed by atoms with Crippen molar-refractivity contribution in [3.8, 4) is 11.8 Å². The van der Waals surface area contributed by atoms with E-state index in [-0.39, 0.29) is 40.0 Å². The molecule has 1 aliphatic rings. The molecule has 0 saturated carbocycles. The van der Waals surface area contributed by atoms with Crippen LogP contribution in [0.5, 0.6) is 11.8 Å². The summed E-state index contributed by atoms with van der Waals surface area (Å²) in [4.78, 5) is 32.9. The molecule has 1 amide bonds. The molecule has 0 bridgehead atoms. The average molecular weight is 393 g/mol. The van der Waals surface area contributed by atoms with Crippen LogP contribution in [-0.2, 0) is 0 Å². The van der Waals surface area contributed by atoms with E-state index in [2.05, 4.69) is 9.97 Å². The van der Waals surface area contributed by atoms with Gasteiger partial charge in [-0.25, -0.2) is 9.97 Å². The maximum atomic E-state index is 12.8. The van der Waals surface area contributed by atoms with E-state index in [0.717, 1.165) is 6.42 Å². The monoisotopic (exact) mass is 392 g/mol. The Bertz CT molecular complexity index is 863. The summed E-state index contributed by atoms with van der Waals surface area (Å²) in [5.41, 5.74) is -0.0829. The van der Waals surface area contributed by atoms with Crippen LogP contribution in [0.15, 0.2) is 30.6 Å². The molecule has 0 N–H and O–H groups in total. The Morgan fingerprint density at radius 2 is 2.07 bits per heavy atom. The lowest BCUT2D eigenvalue weighted by Crippen LogP contribution is -2.44. The van der Waals surface area contributed by atoms with Gasteiger partial charge in [0.25, 0.3) is 23.4 Å². The molecule has 0 aliphatic carbocycles. The second-order valence-electron chi connectivity index (χ2n) is 5.93.